The highest BCUT2D eigenvalue weighted by Crippen LogP contribution is 2.31. The van der Waals surface area contributed by atoms with Gasteiger partial charge >= 0.3 is 6.18 Å². The van der Waals surface area contributed by atoms with E-state index in [4.69, 9.17) is 0 Å². The van der Waals surface area contributed by atoms with Crippen molar-refractivity contribution < 1.29 is 23.1 Å². The fourth-order valence-electron chi connectivity index (χ4n) is 3.22. The van der Waals surface area contributed by atoms with Crippen molar-refractivity contribution in [2.24, 2.45) is 5.10 Å². The summed E-state index contributed by atoms with van der Waals surface area (Å²) >= 11 is 0. The molecule has 0 spiro atoms. The van der Waals surface area contributed by atoms with Crippen molar-refractivity contribution in [3.63, 3.8) is 0 Å². The third kappa shape index (κ3) is 3.69. The van der Waals surface area contributed by atoms with E-state index in [9.17, 15) is 23.1 Å². The molecule has 6 nitrogen and oxygen atoms in total. The number of halogens is 3. The van der Waals surface area contributed by atoms with E-state index in [1.54, 1.807) is 30.3 Å². The number of amides is 1. The molecule has 0 saturated heterocycles. The summed E-state index contributed by atoms with van der Waals surface area (Å²) < 4.78 is 40.8. The van der Waals surface area contributed by atoms with E-state index in [-0.39, 0.29) is 16.8 Å². The Labute approximate surface area is 168 Å². The van der Waals surface area contributed by atoms with Gasteiger partial charge in [0.15, 0.2) is 0 Å². The Morgan fingerprint density at radius 2 is 1.83 bits per heavy atom. The lowest BCUT2D eigenvalue weighted by molar-refractivity contribution is -0.147. The molecule has 0 aliphatic rings. The van der Waals surface area contributed by atoms with Crippen LogP contribution >= 0.6 is 0 Å². The Morgan fingerprint density at radius 3 is 2.63 bits per heavy atom. The third-order valence-corrected chi connectivity index (χ3v) is 4.54. The van der Waals surface area contributed by atoms with Crippen molar-refractivity contribution in [2.75, 3.05) is 0 Å². The fourth-order valence-corrected chi connectivity index (χ4v) is 3.22. The number of imidazole rings is 1. The van der Waals surface area contributed by atoms with E-state index in [1.165, 1.54) is 24.4 Å². The molecule has 3 aromatic carbocycles. The Morgan fingerprint density at radius 1 is 1.10 bits per heavy atom. The molecule has 30 heavy (non-hydrogen) atoms. The zero-order chi connectivity index (χ0) is 21.3. The molecule has 152 valence electrons. The average Bonchev–Trinajstić information content (AvgIpc) is 3.09. The number of fused-ring (bicyclic) bond motifs is 2. The first kappa shape index (κ1) is 19.4. The summed E-state index contributed by atoms with van der Waals surface area (Å²) in [7, 11) is 0. The predicted octanol–water partition coefficient (Wildman–Crippen LogP) is 4.06. The molecule has 0 unspecified atom stereocenters. The Hall–Kier alpha value is -3.88. The van der Waals surface area contributed by atoms with Crippen LogP contribution in [-0.4, -0.2) is 26.8 Å². The molecule has 9 heteroatoms. The van der Waals surface area contributed by atoms with Crippen molar-refractivity contribution in [3.8, 4) is 5.75 Å². The number of aromatic nitrogens is 2. The first-order chi connectivity index (χ1) is 14.3. The van der Waals surface area contributed by atoms with Crippen LogP contribution in [0.3, 0.4) is 0 Å². The molecule has 1 aromatic heterocycles. The van der Waals surface area contributed by atoms with Crippen LogP contribution in [0, 0.1) is 0 Å². The molecule has 1 heterocycles. The van der Waals surface area contributed by atoms with Gasteiger partial charge in [0.05, 0.1) is 17.2 Å². The van der Waals surface area contributed by atoms with Gasteiger partial charge in [-0.15, -0.1) is 0 Å². The molecule has 1 amide bonds. The second-order valence-corrected chi connectivity index (χ2v) is 6.52. The van der Waals surface area contributed by atoms with Crippen molar-refractivity contribution >= 4 is 33.9 Å². The Bertz CT molecular complexity index is 1280. The zero-order valence-electron chi connectivity index (χ0n) is 15.4. The maximum absolute atomic E-state index is 13.3. The van der Waals surface area contributed by atoms with Crippen LogP contribution in [-0.2, 0) is 17.5 Å². The molecule has 0 saturated carbocycles. The topological polar surface area (TPSA) is 79.5 Å². The first-order valence-corrected chi connectivity index (χ1v) is 8.89. The summed E-state index contributed by atoms with van der Waals surface area (Å²) in [6, 6.07) is 16.6. The number of phenols is 1. The minimum Gasteiger partial charge on any atom is -0.507 e. The number of nitrogens with one attached hydrogen (secondary N) is 1. The van der Waals surface area contributed by atoms with E-state index in [0.29, 0.717) is 5.56 Å². The summed E-state index contributed by atoms with van der Waals surface area (Å²) in [6.07, 6.45) is -3.45. The Kier molecular flexibility index (Phi) is 4.86. The molecule has 0 fully saturated rings. The smallest absolute Gasteiger partial charge is 0.449 e. The number of rotatable bonds is 4. The summed E-state index contributed by atoms with van der Waals surface area (Å²) in [5, 5.41) is 15.5. The lowest BCUT2D eigenvalue weighted by atomic mass is 10.0. The van der Waals surface area contributed by atoms with Gasteiger partial charge in [-0.25, -0.2) is 10.4 Å². The summed E-state index contributed by atoms with van der Waals surface area (Å²) in [4.78, 5) is 15.9. The second-order valence-electron chi connectivity index (χ2n) is 6.52. The van der Waals surface area contributed by atoms with Gasteiger partial charge < -0.3 is 9.67 Å². The summed E-state index contributed by atoms with van der Waals surface area (Å²) in [5.41, 5.74) is 2.93. The molecular weight excluding hydrogens is 397 g/mol. The second kappa shape index (κ2) is 7.51. The van der Waals surface area contributed by atoms with Gasteiger partial charge in [-0.1, -0.05) is 42.5 Å². The van der Waals surface area contributed by atoms with Gasteiger partial charge in [0.25, 0.3) is 5.91 Å². The molecular formula is C21H15F3N4O2. The maximum Gasteiger partial charge on any atom is 0.449 e. The van der Waals surface area contributed by atoms with Gasteiger partial charge in [0, 0.05) is 5.56 Å². The third-order valence-electron chi connectivity index (χ3n) is 4.54. The van der Waals surface area contributed by atoms with Gasteiger partial charge in [-0.05, 0) is 29.0 Å². The maximum atomic E-state index is 13.3. The lowest BCUT2D eigenvalue weighted by Gasteiger charge is -2.10. The Balaban J connectivity index is 1.58. The van der Waals surface area contributed by atoms with Crippen LogP contribution in [0.5, 0.6) is 5.75 Å². The number of benzene rings is 3. The van der Waals surface area contributed by atoms with Crippen LogP contribution in [0.15, 0.2) is 65.8 Å². The van der Waals surface area contributed by atoms with Crippen molar-refractivity contribution in [1.82, 2.24) is 15.0 Å². The highest BCUT2D eigenvalue weighted by molar-refractivity contribution is 6.02. The fraction of sp³-hybridized carbons (Fsp3) is 0.0952. The number of hydrogen-bond donors (Lipinski definition) is 2. The van der Waals surface area contributed by atoms with Gasteiger partial charge in [-0.3, -0.25) is 4.79 Å². The number of alkyl halides is 3. The highest BCUT2D eigenvalue weighted by atomic mass is 19.4. The first-order valence-electron chi connectivity index (χ1n) is 8.89. The van der Waals surface area contributed by atoms with E-state index >= 15 is 0 Å². The molecule has 0 atom stereocenters. The van der Waals surface area contributed by atoms with Crippen LogP contribution in [0.1, 0.15) is 11.4 Å². The van der Waals surface area contributed by atoms with Crippen LogP contribution < -0.4 is 5.43 Å². The number of aromatic hydroxyl groups is 1. The van der Waals surface area contributed by atoms with E-state index in [0.717, 1.165) is 15.3 Å². The van der Waals surface area contributed by atoms with Crippen molar-refractivity contribution in [2.45, 2.75) is 12.7 Å². The number of carbonyl (C=O) groups excluding carboxylic acids is 1. The molecule has 2 N–H and O–H groups in total. The van der Waals surface area contributed by atoms with Gasteiger partial charge in [0.1, 0.15) is 12.3 Å². The van der Waals surface area contributed by atoms with Gasteiger partial charge in [0.2, 0.25) is 5.82 Å². The van der Waals surface area contributed by atoms with Crippen LogP contribution in [0.2, 0.25) is 0 Å². The van der Waals surface area contributed by atoms with Crippen molar-refractivity contribution in [1.29, 1.82) is 0 Å². The number of carbonyl (C=O) groups is 1. The minimum absolute atomic E-state index is 0.0355. The summed E-state index contributed by atoms with van der Waals surface area (Å²) in [6.45, 7) is -0.617. The molecule has 0 aliphatic carbocycles. The standard InChI is InChI=1S/C21H15F3N4O2/c22-21(23,24)20-26-16-7-3-4-8-17(16)28(20)12-19(30)27-25-11-15-14-6-2-1-5-13(14)9-10-18(15)29/h1-11,29H,12H2,(H,27,30). The average molecular weight is 412 g/mol. The number of hydrazone groups is 1. The zero-order valence-corrected chi connectivity index (χ0v) is 15.4. The summed E-state index contributed by atoms with van der Waals surface area (Å²) in [5.74, 6) is -1.96. The van der Waals surface area contributed by atoms with Crippen molar-refractivity contribution in [3.05, 3.63) is 72.1 Å². The van der Waals surface area contributed by atoms with E-state index in [1.807, 2.05) is 12.1 Å². The molecule has 0 bridgehead atoms. The molecule has 0 aliphatic heterocycles. The predicted molar refractivity (Wildman–Crippen MR) is 106 cm³/mol. The normalized spacial score (nSPS) is 12.1. The quantitative estimate of drug-likeness (QED) is 0.392. The van der Waals surface area contributed by atoms with Crippen LogP contribution in [0.25, 0.3) is 21.8 Å². The minimum atomic E-state index is -4.71. The number of phenolic OH excluding ortho intramolecular Hbond substituents is 1. The molecule has 0 radical (unpaired) electrons. The highest BCUT2D eigenvalue weighted by Gasteiger charge is 2.37. The number of nitrogens with zero attached hydrogens (tertiary/aromatic N) is 3. The lowest BCUT2D eigenvalue weighted by Crippen LogP contribution is -2.26. The van der Waals surface area contributed by atoms with Crippen LogP contribution in [0.4, 0.5) is 13.2 Å². The molecule has 4 aromatic rings. The number of hydrogen-bond acceptors (Lipinski definition) is 4. The number of para-hydroxylation sites is 2. The molecule has 4 rings (SSSR count). The van der Waals surface area contributed by atoms with E-state index < -0.39 is 24.5 Å². The van der Waals surface area contributed by atoms with Gasteiger partial charge in [-0.2, -0.15) is 18.3 Å². The largest absolute Gasteiger partial charge is 0.507 e. The monoisotopic (exact) mass is 412 g/mol. The van der Waals surface area contributed by atoms with E-state index in [2.05, 4.69) is 15.5 Å². The SMILES string of the molecule is O=C(Cn1c(C(F)(F)F)nc2ccccc21)NN=Cc1c(O)ccc2ccccc12.